The van der Waals surface area contributed by atoms with Crippen molar-refractivity contribution in [2.75, 3.05) is 11.9 Å². The largest absolute Gasteiger partial charge is 0.378 e. The van der Waals surface area contributed by atoms with Crippen molar-refractivity contribution in [2.24, 2.45) is 0 Å². The zero-order chi connectivity index (χ0) is 14.3. The lowest BCUT2D eigenvalue weighted by Crippen LogP contribution is -2.43. The van der Waals surface area contributed by atoms with E-state index in [0.29, 0.717) is 25.1 Å². The average molecular weight is 276 g/mol. The number of carbonyl (C=O) groups excluding carboxylic acids is 1. The van der Waals surface area contributed by atoms with Gasteiger partial charge in [-0.25, -0.2) is 0 Å². The maximum absolute atomic E-state index is 12.4. The normalized spacial score (nSPS) is 28.2. The Morgan fingerprint density at radius 3 is 3.05 bits per heavy atom. The summed E-state index contributed by atoms with van der Waals surface area (Å²) in [7, 11) is 0. The molecule has 106 valence electrons. The van der Waals surface area contributed by atoms with Crippen LogP contribution in [0, 0.1) is 10.1 Å². The molecule has 1 aromatic rings. The first-order valence-electron chi connectivity index (χ1n) is 6.79. The van der Waals surface area contributed by atoms with Gasteiger partial charge >= 0.3 is 0 Å². The van der Waals surface area contributed by atoms with Gasteiger partial charge in [-0.2, -0.15) is 0 Å². The van der Waals surface area contributed by atoms with Crippen LogP contribution in [-0.2, 0) is 14.9 Å². The number of rotatable bonds is 2. The fraction of sp³-hybridized carbons (Fsp3) is 0.500. The molecule has 1 amide bonds. The van der Waals surface area contributed by atoms with Crippen molar-refractivity contribution in [1.29, 1.82) is 0 Å². The highest BCUT2D eigenvalue weighted by Crippen LogP contribution is 2.47. The second kappa shape index (κ2) is 4.56. The monoisotopic (exact) mass is 276 g/mol. The summed E-state index contributed by atoms with van der Waals surface area (Å²) < 4.78 is 5.64. The Morgan fingerprint density at radius 2 is 2.35 bits per heavy atom. The molecule has 1 fully saturated rings. The number of nitrogens with zero attached hydrogens (tertiary/aromatic N) is 1. The minimum Gasteiger partial charge on any atom is -0.378 e. The molecule has 20 heavy (non-hydrogen) atoms. The van der Waals surface area contributed by atoms with Crippen LogP contribution < -0.4 is 5.32 Å². The van der Waals surface area contributed by atoms with E-state index in [-0.39, 0.29) is 17.7 Å². The van der Waals surface area contributed by atoms with E-state index >= 15 is 0 Å². The van der Waals surface area contributed by atoms with Gasteiger partial charge in [-0.3, -0.25) is 14.9 Å². The van der Waals surface area contributed by atoms with Crippen molar-refractivity contribution < 1.29 is 14.5 Å². The molecule has 0 aromatic heterocycles. The van der Waals surface area contributed by atoms with Gasteiger partial charge in [0, 0.05) is 24.4 Å². The molecular weight excluding hydrogens is 260 g/mol. The summed E-state index contributed by atoms with van der Waals surface area (Å²) in [6, 6.07) is 4.58. The number of amides is 1. The molecule has 2 aliphatic rings. The van der Waals surface area contributed by atoms with Gasteiger partial charge in [0.2, 0.25) is 5.91 Å². The van der Waals surface area contributed by atoms with E-state index in [1.54, 1.807) is 6.07 Å². The smallest absolute Gasteiger partial charge is 0.269 e. The highest BCUT2D eigenvalue weighted by Gasteiger charge is 2.50. The lowest BCUT2D eigenvalue weighted by atomic mass is 9.72. The summed E-state index contributed by atoms with van der Waals surface area (Å²) in [5.41, 5.74) is 0.801. The first-order chi connectivity index (χ1) is 9.56. The number of fused-ring (bicyclic) bond motifs is 2. The van der Waals surface area contributed by atoms with Gasteiger partial charge < -0.3 is 10.1 Å². The molecule has 1 saturated heterocycles. The highest BCUT2D eigenvalue weighted by molar-refractivity contribution is 6.06. The Morgan fingerprint density at radius 1 is 1.55 bits per heavy atom. The molecule has 0 aliphatic carbocycles. The molecule has 2 atom stereocenters. The van der Waals surface area contributed by atoms with E-state index in [4.69, 9.17) is 4.74 Å². The van der Waals surface area contributed by atoms with Crippen LogP contribution in [-0.4, -0.2) is 23.5 Å². The lowest BCUT2D eigenvalue weighted by Gasteiger charge is -2.36. The molecule has 3 rings (SSSR count). The number of hydrogen-bond donors (Lipinski definition) is 1. The molecule has 0 saturated carbocycles. The summed E-state index contributed by atoms with van der Waals surface area (Å²) in [5, 5.41) is 13.8. The van der Waals surface area contributed by atoms with Gasteiger partial charge in [-0.05, 0) is 30.9 Å². The van der Waals surface area contributed by atoms with E-state index in [1.807, 2.05) is 6.92 Å². The van der Waals surface area contributed by atoms with Crippen molar-refractivity contribution in [3.63, 3.8) is 0 Å². The first-order valence-corrected chi connectivity index (χ1v) is 6.79. The van der Waals surface area contributed by atoms with E-state index in [0.717, 1.165) is 12.0 Å². The maximum Gasteiger partial charge on any atom is 0.269 e. The Balaban J connectivity index is 2.07. The summed E-state index contributed by atoms with van der Waals surface area (Å²) in [4.78, 5) is 22.9. The van der Waals surface area contributed by atoms with Crippen molar-refractivity contribution in [3.05, 3.63) is 33.9 Å². The number of non-ortho nitro benzene ring substituents is 1. The van der Waals surface area contributed by atoms with Crippen molar-refractivity contribution in [2.45, 2.75) is 37.7 Å². The fourth-order valence-electron chi connectivity index (χ4n) is 3.18. The van der Waals surface area contributed by atoms with Crippen LogP contribution in [0.4, 0.5) is 11.4 Å². The van der Waals surface area contributed by atoms with Crippen LogP contribution >= 0.6 is 0 Å². The lowest BCUT2D eigenvalue weighted by molar-refractivity contribution is -0.384. The molecule has 0 radical (unpaired) electrons. The van der Waals surface area contributed by atoms with Crippen LogP contribution in [0.15, 0.2) is 18.2 Å². The minimum atomic E-state index is -0.666. The van der Waals surface area contributed by atoms with Crippen molar-refractivity contribution in [1.82, 2.24) is 0 Å². The Bertz CT molecular complexity index is 587. The topological polar surface area (TPSA) is 81.5 Å². The van der Waals surface area contributed by atoms with Gasteiger partial charge in [-0.15, -0.1) is 0 Å². The molecule has 0 bridgehead atoms. The number of hydrogen-bond acceptors (Lipinski definition) is 4. The summed E-state index contributed by atoms with van der Waals surface area (Å²) in [6.45, 7) is 2.53. The van der Waals surface area contributed by atoms with Gasteiger partial charge in [0.25, 0.3) is 5.69 Å². The first kappa shape index (κ1) is 13.1. The summed E-state index contributed by atoms with van der Waals surface area (Å²) in [6.07, 6.45) is 2.02. The second-order valence-electron chi connectivity index (χ2n) is 5.38. The SMILES string of the molecule is CCC1CC2(CCO1)C(=O)Nc1ccc([N+](=O)[O-])cc12. The summed E-state index contributed by atoms with van der Waals surface area (Å²) >= 11 is 0. The zero-order valence-electron chi connectivity index (χ0n) is 11.2. The quantitative estimate of drug-likeness (QED) is 0.664. The fourth-order valence-corrected chi connectivity index (χ4v) is 3.18. The third-order valence-electron chi connectivity index (χ3n) is 4.33. The molecule has 2 unspecified atom stereocenters. The predicted molar refractivity (Wildman–Crippen MR) is 72.7 cm³/mol. The zero-order valence-corrected chi connectivity index (χ0v) is 11.2. The number of nitro groups is 1. The van der Waals surface area contributed by atoms with Crippen molar-refractivity contribution in [3.8, 4) is 0 Å². The van der Waals surface area contributed by atoms with Crippen LogP contribution in [0.3, 0.4) is 0 Å². The molecular formula is C14H16N2O4. The number of nitrogens with one attached hydrogen (secondary N) is 1. The minimum absolute atomic E-state index is 0.0270. The van der Waals surface area contributed by atoms with E-state index in [9.17, 15) is 14.9 Å². The van der Waals surface area contributed by atoms with Crippen LogP contribution in [0.1, 0.15) is 31.7 Å². The average Bonchev–Trinajstić information content (AvgIpc) is 2.71. The van der Waals surface area contributed by atoms with Gasteiger partial charge in [-0.1, -0.05) is 6.92 Å². The molecule has 2 aliphatic heterocycles. The Hall–Kier alpha value is -1.95. The maximum atomic E-state index is 12.4. The highest BCUT2D eigenvalue weighted by atomic mass is 16.6. The van der Waals surface area contributed by atoms with E-state index < -0.39 is 10.3 Å². The standard InChI is InChI=1S/C14H16N2O4/c1-2-10-8-14(5-6-20-10)11-7-9(16(18)19)3-4-12(11)15-13(14)17/h3-4,7,10H,2,5-6,8H2,1H3,(H,15,17). The number of carbonyl (C=O) groups is 1. The molecule has 1 spiro atoms. The van der Waals surface area contributed by atoms with Crippen LogP contribution in [0.2, 0.25) is 0 Å². The van der Waals surface area contributed by atoms with Gasteiger partial charge in [0.15, 0.2) is 0 Å². The molecule has 1 N–H and O–H groups in total. The predicted octanol–water partition coefficient (Wildman–Crippen LogP) is 2.37. The number of benzene rings is 1. The molecule has 6 nitrogen and oxygen atoms in total. The second-order valence-corrected chi connectivity index (χ2v) is 5.38. The van der Waals surface area contributed by atoms with Crippen molar-refractivity contribution >= 4 is 17.3 Å². The van der Waals surface area contributed by atoms with Crippen LogP contribution in [0.5, 0.6) is 0 Å². The number of ether oxygens (including phenoxy) is 1. The van der Waals surface area contributed by atoms with Gasteiger partial charge in [0.1, 0.15) is 0 Å². The molecule has 2 heterocycles. The van der Waals surface area contributed by atoms with E-state index in [2.05, 4.69) is 5.32 Å². The Labute approximate surface area is 116 Å². The molecule has 6 heteroatoms. The number of nitro benzene ring substituents is 1. The van der Waals surface area contributed by atoms with E-state index in [1.165, 1.54) is 12.1 Å². The summed E-state index contributed by atoms with van der Waals surface area (Å²) in [5.74, 6) is -0.0604. The Kier molecular flexibility index (Phi) is 2.97. The van der Waals surface area contributed by atoms with Crippen LogP contribution in [0.25, 0.3) is 0 Å². The molecule has 1 aromatic carbocycles. The third-order valence-corrected chi connectivity index (χ3v) is 4.33. The third kappa shape index (κ3) is 1.79. The number of anilines is 1. The van der Waals surface area contributed by atoms with Gasteiger partial charge in [0.05, 0.1) is 16.4 Å².